The predicted molar refractivity (Wildman–Crippen MR) is 125 cm³/mol. The van der Waals surface area contributed by atoms with Crippen molar-refractivity contribution in [2.75, 3.05) is 20.3 Å². The molecule has 8 nitrogen and oxygen atoms in total. The molecule has 1 aliphatic heterocycles. The molecule has 10 heteroatoms. The van der Waals surface area contributed by atoms with E-state index in [1.807, 2.05) is 13.8 Å². The average Bonchev–Trinajstić information content (AvgIpc) is 3.34. The summed E-state index contributed by atoms with van der Waals surface area (Å²) in [6.07, 6.45) is 1.54. The number of ether oxygens (including phenoxy) is 2. The third kappa shape index (κ3) is 4.12. The van der Waals surface area contributed by atoms with Gasteiger partial charge in [0.2, 0.25) is 0 Å². The Morgan fingerprint density at radius 2 is 2.09 bits per heavy atom. The number of halogens is 2. The molecule has 0 radical (unpaired) electrons. The Labute approximate surface area is 202 Å². The summed E-state index contributed by atoms with van der Waals surface area (Å²) in [4.78, 5) is 19.7. The van der Waals surface area contributed by atoms with Crippen LogP contribution in [0.5, 0.6) is 5.75 Å². The van der Waals surface area contributed by atoms with Crippen molar-refractivity contribution in [2.24, 2.45) is 0 Å². The van der Waals surface area contributed by atoms with Gasteiger partial charge in [-0.1, -0.05) is 11.6 Å². The number of amides is 1. The molecule has 5 rings (SSSR count). The average molecular weight is 488 g/mol. The van der Waals surface area contributed by atoms with Gasteiger partial charge in [-0.3, -0.25) is 4.79 Å². The Bertz CT molecular complexity index is 1260. The summed E-state index contributed by atoms with van der Waals surface area (Å²) in [5.74, 6) is -0.376. The van der Waals surface area contributed by atoms with E-state index in [9.17, 15) is 9.18 Å². The highest BCUT2D eigenvalue weighted by molar-refractivity contribution is 6.31. The summed E-state index contributed by atoms with van der Waals surface area (Å²) in [5, 5.41) is 8.61. The van der Waals surface area contributed by atoms with E-state index in [1.54, 1.807) is 16.5 Å². The van der Waals surface area contributed by atoms with E-state index in [2.05, 4.69) is 15.4 Å². The Kier molecular flexibility index (Phi) is 6.18. The lowest BCUT2D eigenvalue weighted by Gasteiger charge is -2.36. The van der Waals surface area contributed by atoms with Crippen LogP contribution in [0.4, 0.5) is 4.39 Å². The number of hydrogen-bond acceptors (Lipinski definition) is 6. The van der Waals surface area contributed by atoms with Crippen LogP contribution in [0.15, 0.2) is 18.2 Å². The Morgan fingerprint density at radius 1 is 1.29 bits per heavy atom. The number of aromatic nitrogens is 3. The van der Waals surface area contributed by atoms with E-state index in [0.29, 0.717) is 42.0 Å². The van der Waals surface area contributed by atoms with Crippen LogP contribution >= 0.6 is 11.6 Å². The van der Waals surface area contributed by atoms with Gasteiger partial charge in [-0.25, -0.2) is 13.9 Å². The van der Waals surface area contributed by atoms with Gasteiger partial charge in [-0.2, -0.15) is 5.10 Å². The van der Waals surface area contributed by atoms with Gasteiger partial charge in [0.25, 0.3) is 5.91 Å². The highest BCUT2D eigenvalue weighted by atomic mass is 35.5. The van der Waals surface area contributed by atoms with Gasteiger partial charge in [-0.05, 0) is 38.8 Å². The molecule has 3 aromatic rings. The van der Waals surface area contributed by atoms with Gasteiger partial charge >= 0.3 is 0 Å². The zero-order valence-electron chi connectivity index (χ0n) is 19.4. The summed E-state index contributed by atoms with van der Waals surface area (Å²) < 4.78 is 26.9. The number of carbonyl (C=O) groups is 1. The third-order valence-corrected chi connectivity index (χ3v) is 7.09. The molecule has 0 atom stereocenters. The molecule has 1 fully saturated rings. The lowest BCUT2D eigenvalue weighted by Crippen LogP contribution is -2.47. The van der Waals surface area contributed by atoms with Crippen molar-refractivity contribution in [1.82, 2.24) is 24.8 Å². The first-order valence-corrected chi connectivity index (χ1v) is 11.7. The monoisotopic (exact) mass is 487 g/mol. The molecule has 34 heavy (non-hydrogen) atoms. The standard InChI is InChI=1S/C24H27ClFN5O3/c1-13-22(25)14(2)31-23(28-13)19-11-30(12-20(19)29-31)24(32)18-5-4-15(26)8-21(18)34-17-9-16(10-17)27-6-7-33-3/h4-5,8,16-17,27H,6-7,9-12H2,1-3H3. The number of methoxy groups -OCH3 is 1. The van der Waals surface area contributed by atoms with E-state index >= 15 is 0 Å². The minimum Gasteiger partial charge on any atom is -0.489 e. The van der Waals surface area contributed by atoms with Crippen LogP contribution in [-0.2, 0) is 17.8 Å². The highest BCUT2D eigenvalue weighted by Crippen LogP contribution is 2.33. The number of hydrogen-bond donors (Lipinski definition) is 1. The molecule has 1 saturated carbocycles. The fourth-order valence-corrected chi connectivity index (χ4v) is 4.69. The number of carbonyl (C=O) groups excluding carboxylic acids is 1. The van der Waals surface area contributed by atoms with E-state index in [-0.39, 0.29) is 17.8 Å². The lowest BCUT2D eigenvalue weighted by molar-refractivity contribution is 0.0689. The van der Waals surface area contributed by atoms with E-state index in [1.165, 1.54) is 18.2 Å². The molecule has 1 aromatic carbocycles. The van der Waals surface area contributed by atoms with Gasteiger partial charge in [0.05, 0.1) is 47.4 Å². The number of aryl methyl sites for hydroxylation is 2. The van der Waals surface area contributed by atoms with Crippen LogP contribution in [0.25, 0.3) is 5.65 Å². The van der Waals surface area contributed by atoms with Crippen LogP contribution in [0.1, 0.15) is 45.8 Å². The van der Waals surface area contributed by atoms with Crippen molar-refractivity contribution >= 4 is 23.2 Å². The normalized spacial score (nSPS) is 19.4. The number of benzene rings is 1. The minimum atomic E-state index is -0.435. The first-order valence-electron chi connectivity index (χ1n) is 11.4. The zero-order chi connectivity index (χ0) is 24.0. The first kappa shape index (κ1) is 23.0. The molecule has 1 amide bonds. The Balaban J connectivity index is 1.31. The van der Waals surface area contributed by atoms with Crippen molar-refractivity contribution in [1.29, 1.82) is 0 Å². The maximum Gasteiger partial charge on any atom is 0.258 e. The fourth-order valence-electron chi connectivity index (χ4n) is 4.57. The van der Waals surface area contributed by atoms with Crippen molar-refractivity contribution < 1.29 is 18.7 Å². The summed E-state index contributed by atoms with van der Waals surface area (Å²) in [5.41, 5.74) is 4.30. The first-order chi connectivity index (χ1) is 16.4. The van der Waals surface area contributed by atoms with Crippen molar-refractivity contribution in [3.8, 4) is 5.75 Å². The molecule has 2 aromatic heterocycles. The number of rotatable bonds is 7. The molecule has 0 spiro atoms. The van der Waals surface area contributed by atoms with Crippen molar-refractivity contribution in [3.63, 3.8) is 0 Å². The summed E-state index contributed by atoms with van der Waals surface area (Å²) in [6.45, 7) is 5.89. The topological polar surface area (TPSA) is 81.0 Å². The molecular weight excluding hydrogens is 461 g/mol. The van der Waals surface area contributed by atoms with Crippen LogP contribution in [-0.4, -0.2) is 57.8 Å². The lowest BCUT2D eigenvalue weighted by atomic mass is 9.89. The molecule has 0 bridgehead atoms. The second kappa shape index (κ2) is 9.13. The molecular formula is C24H27ClFN5O3. The maximum atomic E-state index is 14.0. The molecule has 2 aliphatic rings. The summed E-state index contributed by atoms with van der Waals surface area (Å²) >= 11 is 6.33. The van der Waals surface area contributed by atoms with Gasteiger partial charge < -0.3 is 19.7 Å². The van der Waals surface area contributed by atoms with Crippen molar-refractivity contribution in [2.45, 2.75) is 51.9 Å². The minimum absolute atomic E-state index is 0.0618. The van der Waals surface area contributed by atoms with E-state index in [0.717, 1.165) is 42.0 Å². The Hall–Kier alpha value is -2.75. The fraction of sp³-hybridized carbons (Fsp3) is 0.458. The SMILES string of the molecule is COCCNC1CC(Oc2cc(F)ccc2C(=O)N2Cc3nn4c(C)c(Cl)c(C)nc4c3C2)C1. The second-order valence-electron chi connectivity index (χ2n) is 8.91. The largest absolute Gasteiger partial charge is 0.489 e. The highest BCUT2D eigenvalue weighted by Gasteiger charge is 2.34. The van der Waals surface area contributed by atoms with Gasteiger partial charge in [0.1, 0.15) is 17.7 Å². The quantitative estimate of drug-likeness (QED) is 0.514. The number of nitrogens with one attached hydrogen (secondary N) is 1. The Morgan fingerprint density at radius 3 is 2.85 bits per heavy atom. The van der Waals surface area contributed by atoms with Gasteiger partial charge in [-0.15, -0.1) is 0 Å². The smallest absolute Gasteiger partial charge is 0.258 e. The number of fused-ring (bicyclic) bond motifs is 3. The maximum absolute atomic E-state index is 14.0. The molecule has 0 unspecified atom stereocenters. The molecule has 0 saturated heterocycles. The van der Waals surface area contributed by atoms with Crippen molar-refractivity contribution in [3.05, 3.63) is 57.2 Å². The molecule has 180 valence electrons. The zero-order valence-corrected chi connectivity index (χ0v) is 20.2. The van der Waals surface area contributed by atoms with Crippen LogP contribution in [0, 0.1) is 19.7 Å². The van der Waals surface area contributed by atoms with E-state index < -0.39 is 5.82 Å². The van der Waals surface area contributed by atoms with Gasteiger partial charge in [0, 0.05) is 31.3 Å². The predicted octanol–water partition coefficient (Wildman–Crippen LogP) is 3.44. The van der Waals surface area contributed by atoms with Crippen LogP contribution < -0.4 is 10.1 Å². The van der Waals surface area contributed by atoms with Crippen LogP contribution in [0.3, 0.4) is 0 Å². The second-order valence-corrected chi connectivity index (χ2v) is 9.29. The molecule has 1 N–H and O–H groups in total. The van der Waals surface area contributed by atoms with Gasteiger partial charge in [0.15, 0.2) is 5.65 Å². The van der Waals surface area contributed by atoms with E-state index in [4.69, 9.17) is 21.1 Å². The summed E-state index contributed by atoms with van der Waals surface area (Å²) in [7, 11) is 1.67. The van der Waals surface area contributed by atoms with Crippen LogP contribution in [0.2, 0.25) is 5.02 Å². The summed E-state index contributed by atoms with van der Waals surface area (Å²) in [6, 6.07) is 4.42. The third-order valence-electron chi connectivity index (χ3n) is 6.54. The molecule has 1 aliphatic carbocycles. The number of nitrogens with zero attached hydrogens (tertiary/aromatic N) is 4. The molecule has 3 heterocycles.